The number of aliphatic hydroxyl groups is 1. The van der Waals surface area contributed by atoms with E-state index in [0.29, 0.717) is 36.6 Å². The summed E-state index contributed by atoms with van der Waals surface area (Å²) in [5.41, 5.74) is 0.769. The van der Waals surface area contributed by atoms with Crippen molar-refractivity contribution in [3.05, 3.63) is 41.2 Å². The summed E-state index contributed by atoms with van der Waals surface area (Å²) in [4.78, 5) is 13.8. The molecular formula is C19H27F3N4O3. The average molecular weight is 416 g/mol. The van der Waals surface area contributed by atoms with Gasteiger partial charge in [0.2, 0.25) is 6.41 Å². The Morgan fingerprint density at radius 3 is 2.28 bits per heavy atom. The van der Waals surface area contributed by atoms with Gasteiger partial charge in [0.15, 0.2) is 0 Å². The van der Waals surface area contributed by atoms with Crippen LogP contribution in [0.15, 0.2) is 24.3 Å². The van der Waals surface area contributed by atoms with Crippen LogP contribution >= 0.6 is 0 Å². The molecule has 1 N–H and O–H groups in total. The van der Waals surface area contributed by atoms with Crippen molar-refractivity contribution >= 4 is 6.41 Å². The van der Waals surface area contributed by atoms with Crippen LogP contribution in [-0.2, 0) is 16.9 Å². The Balaban J connectivity index is 0.000000308. The van der Waals surface area contributed by atoms with Crippen LogP contribution in [0.5, 0.6) is 5.75 Å². The van der Waals surface area contributed by atoms with Crippen molar-refractivity contribution in [2.75, 3.05) is 13.1 Å². The van der Waals surface area contributed by atoms with Gasteiger partial charge in [-0.1, -0.05) is 18.2 Å². The molecule has 0 unspecified atom stereocenters. The number of aryl methyl sites for hydroxylation is 2. The zero-order chi connectivity index (χ0) is 22.2. The Labute approximate surface area is 168 Å². The molecule has 162 valence electrons. The minimum absolute atomic E-state index is 0.148. The molecule has 0 saturated heterocycles. The average Bonchev–Trinajstić information content (AvgIpc) is 2.98. The van der Waals surface area contributed by atoms with Gasteiger partial charge in [0.05, 0.1) is 12.2 Å². The van der Waals surface area contributed by atoms with E-state index in [1.807, 2.05) is 13.8 Å². The highest BCUT2D eigenvalue weighted by Crippen LogP contribution is 2.25. The molecule has 0 bridgehead atoms. The van der Waals surface area contributed by atoms with Crippen molar-refractivity contribution in [1.82, 2.24) is 19.9 Å². The third kappa shape index (κ3) is 8.51. The summed E-state index contributed by atoms with van der Waals surface area (Å²) >= 11 is 0. The van der Waals surface area contributed by atoms with E-state index in [-0.39, 0.29) is 5.75 Å². The lowest BCUT2D eigenvalue weighted by atomic mass is 10.0. The predicted octanol–water partition coefficient (Wildman–Crippen LogP) is 3.19. The summed E-state index contributed by atoms with van der Waals surface area (Å²) in [6, 6.07) is 5.98. The molecule has 0 aliphatic carbocycles. The van der Waals surface area contributed by atoms with Gasteiger partial charge in [0, 0.05) is 13.1 Å². The number of nitrogens with zero attached hydrogens (tertiary/aromatic N) is 4. The molecule has 2 aromatic rings. The fraction of sp³-hybridized carbons (Fsp3) is 0.526. The first-order chi connectivity index (χ1) is 13.4. The number of benzene rings is 1. The summed E-state index contributed by atoms with van der Waals surface area (Å²) in [5, 5.41) is 18.3. The van der Waals surface area contributed by atoms with Crippen LogP contribution in [0, 0.1) is 13.8 Å². The summed E-state index contributed by atoms with van der Waals surface area (Å²) in [6.45, 7) is 10.4. The van der Waals surface area contributed by atoms with Gasteiger partial charge in [-0.25, -0.2) is 0 Å². The molecule has 0 spiro atoms. The fourth-order valence-electron chi connectivity index (χ4n) is 2.39. The lowest BCUT2D eigenvalue weighted by molar-refractivity contribution is -0.274. The van der Waals surface area contributed by atoms with E-state index in [2.05, 4.69) is 14.9 Å². The number of carbonyl (C=O) groups is 1. The van der Waals surface area contributed by atoms with E-state index in [9.17, 15) is 23.1 Å². The van der Waals surface area contributed by atoms with Gasteiger partial charge >= 0.3 is 6.36 Å². The Morgan fingerprint density at radius 2 is 1.83 bits per heavy atom. The number of carbonyl (C=O) groups excluding carboxylic acids is 1. The first-order valence-electron chi connectivity index (χ1n) is 9.02. The second kappa shape index (κ2) is 10.2. The molecule has 29 heavy (non-hydrogen) atoms. The van der Waals surface area contributed by atoms with Crippen LogP contribution in [-0.4, -0.2) is 50.9 Å². The molecule has 0 saturated carbocycles. The number of hydrogen-bond donors (Lipinski definition) is 1. The van der Waals surface area contributed by atoms with Crippen molar-refractivity contribution in [2.24, 2.45) is 0 Å². The van der Waals surface area contributed by atoms with Gasteiger partial charge in [-0.15, -0.1) is 13.2 Å². The third-order valence-corrected chi connectivity index (χ3v) is 3.86. The quantitative estimate of drug-likeness (QED) is 0.702. The maximum Gasteiger partial charge on any atom is 0.573 e. The molecule has 1 aromatic carbocycles. The highest BCUT2D eigenvalue weighted by Gasteiger charge is 2.31. The van der Waals surface area contributed by atoms with Crippen LogP contribution in [0.2, 0.25) is 0 Å². The van der Waals surface area contributed by atoms with E-state index < -0.39 is 12.0 Å². The van der Waals surface area contributed by atoms with Gasteiger partial charge in [0.1, 0.15) is 17.0 Å². The second-order valence-electron chi connectivity index (χ2n) is 6.84. The van der Waals surface area contributed by atoms with Crippen molar-refractivity contribution in [3.8, 4) is 5.75 Å². The summed E-state index contributed by atoms with van der Waals surface area (Å²) in [5.74, 6) is -0.148. The zero-order valence-corrected chi connectivity index (χ0v) is 17.2. The normalized spacial score (nSPS) is 11.5. The van der Waals surface area contributed by atoms with E-state index in [1.54, 1.807) is 37.8 Å². The van der Waals surface area contributed by atoms with Crippen LogP contribution < -0.4 is 4.74 Å². The molecule has 0 aliphatic rings. The summed E-state index contributed by atoms with van der Waals surface area (Å²) < 4.78 is 38.8. The molecule has 10 heteroatoms. The Kier molecular flexibility index (Phi) is 8.62. The largest absolute Gasteiger partial charge is 0.573 e. The molecule has 2 rings (SSSR count). The van der Waals surface area contributed by atoms with E-state index >= 15 is 0 Å². The molecule has 0 atom stereocenters. The smallest absolute Gasteiger partial charge is 0.406 e. The molecule has 1 aromatic heterocycles. The molecule has 0 radical (unpaired) electrons. The summed E-state index contributed by atoms with van der Waals surface area (Å²) in [6.07, 6.45) is -3.79. The molecule has 1 heterocycles. The number of likely N-dealkylation sites (N-methyl/N-ethyl adjacent to an activating group) is 1. The van der Waals surface area contributed by atoms with Gasteiger partial charge in [-0.3, -0.25) is 4.79 Å². The van der Waals surface area contributed by atoms with Crippen LogP contribution in [0.25, 0.3) is 0 Å². The lowest BCUT2D eigenvalue weighted by Gasteiger charge is -2.14. The molecule has 0 fully saturated rings. The number of amides is 1. The Morgan fingerprint density at radius 1 is 1.21 bits per heavy atom. The monoisotopic (exact) mass is 416 g/mol. The Bertz CT molecular complexity index is 786. The topological polar surface area (TPSA) is 80.5 Å². The number of halogens is 3. The zero-order valence-electron chi connectivity index (χ0n) is 17.2. The standard InChI is InChI=1S/C11H20N4O2.C8H7F3O/c1-5-14(8-16)6-7-15-12-9(2)10(13-15)11(3,4)17;1-6-4-2-3-5-7(6)12-8(9,10)11/h8,17H,5-7H2,1-4H3;2-5H,1H3. The lowest BCUT2D eigenvalue weighted by Crippen LogP contribution is -2.26. The van der Waals surface area contributed by atoms with Crippen molar-refractivity contribution in [2.45, 2.75) is 53.1 Å². The van der Waals surface area contributed by atoms with Crippen molar-refractivity contribution in [1.29, 1.82) is 0 Å². The van der Waals surface area contributed by atoms with Crippen molar-refractivity contribution in [3.63, 3.8) is 0 Å². The minimum atomic E-state index is -4.61. The van der Waals surface area contributed by atoms with Crippen LogP contribution in [0.4, 0.5) is 13.2 Å². The van der Waals surface area contributed by atoms with E-state index in [1.165, 1.54) is 16.9 Å². The minimum Gasteiger partial charge on any atom is -0.406 e. The van der Waals surface area contributed by atoms with Gasteiger partial charge in [-0.2, -0.15) is 15.0 Å². The molecule has 7 nitrogen and oxygen atoms in total. The SMILES string of the molecule is CCN(C=O)CCn1nc(C)c(C(C)(C)O)n1.Cc1ccccc1OC(F)(F)F. The third-order valence-electron chi connectivity index (χ3n) is 3.86. The van der Waals surface area contributed by atoms with Crippen LogP contribution in [0.1, 0.15) is 37.7 Å². The molecule has 0 aliphatic heterocycles. The molecule has 1 amide bonds. The van der Waals surface area contributed by atoms with Crippen LogP contribution in [0.3, 0.4) is 0 Å². The number of ether oxygens (including phenoxy) is 1. The van der Waals surface area contributed by atoms with E-state index in [0.717, 1.165) is 6.41 Å². The highest BCUT2D eigenvalue weighted by atomic mass is 19.4. The first kappa shape index (κ1) is 24.4. The maximum atomic E-state index is 11.7. The predicted molar refractivity (Wildman–Crippen MR) is 101 cm³/mol. The fourth-order valence-corrected chi connectivity index (χ4v) is 2.39. The number of hydrogen-bond acceptors (Lipinski definition) is 5. The number of rotatable bonds is 7. The Hall–Kier alpha value is -2.62. The number of aromatic nitrogens is 3. The molecular weight excluding hydrogens is 389 g/mol. The van der Waals surface area contributed by atoms with Gasteiger partial charge < -0.3 is 14.7 Å². The first-order valence-corrected chi connectivity index (χ1v) is 9.02. The maximum absolute atomic E-state index is 11.7. The number of alkyl halides is 3. The highest BCUT2D eigenvalue weighted by molar-refractivity contribution is 5.46. The number of para-hydroxylation sites is 1. The summed E-state index contributed by atoms with van der Waals surface area (Å²) in [7, 11) is 0. The van der Waals surface area contributed by atoms with E-state index in [4.69, 9.17) is 0 Å². The second-order valence-corrected chi connectivity index (χ2v) is 6.84. The van der Waals surface area contributed by atoms with Crippen molar-refractivity contribution < 1.29 is 27.8 Å². The van der Waals surface area contributed by atoms with Gasteiger partial charge in [-0.05, 0) is 46.2 Å². The van der Waals surface area contributed by atoms with Gasteiger partial charge in [0.25, 0.3) is 0 Å².